The van der Waals surface area contributed by atoms with Crippen molar-refractivity contribution in [1.29, 1.82) is 5.26 Å². The van der Waals surface area contributed by atoms with Crippen LogP contribution < -0.4 is 5.32 Å². The Labute approximate surface area is 148 Å². The van der Waals surface area contributed by atoms with Crippen LogP contribution in [0.2, 0.25) is 0 Å². The zero-order valence-corrected chi connectivity index (χ0v) is 14.1. The van der Waals surface area contributed by atoms with E-state index < -0.39 is 23.6 Å². The molecule has 1 atom stereocenters. The van der Waals surface area contributed by atoms with Gasteiger partial charge in [0.1, 0.15) is 23.0 Å². The Hall–Kier alpha value is -3.40. The van der Waals surface area contributed by atoms with Crippen LogP contribution in [0, 0.1) is 29.9 Å². The second-order valence-corrected chi connectivity index (χ2v) is 5.78. The SMILES string of the molecule is Cc1oc(-n2cccc2)c(C#N)c1C(=O)NC(C)c1ccc(F)c(F)c1. The largest absolute Gasteiger partial charge is 0.443 e. The Morgan fingerprint density at radius 1 is 1.27 bits per heavy atom. The lowest BCUT2D eigenvalue weighted by atomic mass is 10.1. The minimum atomic E-state index is -0.990. The van der Waals surface area contributed by atoms with Crippen LogP contribution in [0.15, 0.2) is 47.1 Å². The number of aromatic nitrogens is 1. The summed E-state index contributed by atoms with van der Waals surface area (Å²) in [4.78, 5) is 12.7. The first-order valence-corrected chi connectivity index (χ1v) is 7.85. The fraction of sp³-hybridized carbons (Fsp3) is 0.158. The summed E-state index contributed by atoms with van der Waals surface area (Å²) < 4.78 is 33.7. The van der Waals surface area contributed by atoms with Crippen molar-refractivity contribution < 1.29 is 18.0 Å². The van der Waals surface area contributed by atoms with Crippen LogP contribution in [0.25, 0.3) is 5.88 Å². The molecule has 0 aliphatic carbocycles. The molecule has 0 spiro atoms. The van der Waals surface area contributed by atoms with Gasteiger partial charge in [-0.25, -0.2) is 8.78 Å². The van der Waals surface area contributed by atoms with E-state index in [0.717, 1.165) is 12.1 Å². The molecule has 0 saturated heterocycles. The number of amides is 1. The van der Waals surface area contributed by atoms with Crippen molar-refractivity contribution in [2.75, 3.05) is 0 Å². The monoisotopic (exact) mass is 355 g/mol. The smallest absolute Gasteiger partial charge is 0.256 e. The van der Waals surface area contributed by atoms with Gasteiger partial charge >= 0.3 is 0 Å². The predicted molar refractivity (Wildman–Crippen MR) is 89.7 cm³/mol. The number of halogens is 2. The zero-order valence-electron chi connectivity index (χ0n) is 14.1. The van der Waals surface area contributed by atoms with Gasteiger partial charge in [-0.1, -0.05) is 6.07 Å². The second kappa shape index (κ2) is 6.84. The van der Waals surface area contributed by atoms with Gasteiger partial charge in [-0.3, -0.25) is 9.36 Å². The highest BCUT2D eigenvalue weighted by Gasteiger charge is 2.25. The molecule has 3 aromatic rings. The predicted octanol–water partition coefficient (Wildman–Crippen LogP) is 4.02. The molecule has 1 unspecified atom stereocenters. The molecule has 0 aliphatic rings. The molecule has 2 heterocycles. The number of nitrogens with zero attached hydrogens (tertiary/aromatic N) is 2. The quantitative estimate of drug-likeness (QED) is 0.768. The summed E-state index contributed by atoms with van der Waals surface area (Å²) in [7, 11) is 0. The van der Waals surface area contributed by atoms with Gasteiger partial charge in [-0.05, 0) is 43.7 Å². The number of hydrogen-bond acceptors (Lipinski definition) is 3. The van der Waals surface area contributed by atoms with Gasteiger partial charge in [0, 0.05) is 12.4 Å². The summed E-state index contributed by atoms with van der Waals surface area (Å²) in [6.07, 6.45) is 3.40. The molecule has 1 amide bonds. The summed E-state index contributed by atoms with van der Waals surface area (Å²) in [6, 6.07) is 8.36. The Morgan fingerprint density at radius 3 is 2.58 bits per heavy atom. The van der Waals surface area contributed by atoms with E-state index in [1.165, 1.54) is 6.07 Å². The average Bonchev–Trinajstić information content (AvgIpc) is 3.24. The maximum absolute atomic E-state index is 13.4. The Morgan fingerprint density at radius 2 is 1.96 bits per heavy atom. The summed E-state index contributed by atoms with van der Waals surface area (Å²) >= 11 is 0. The molecule has 1 N–H and O–H groups in total. The summed E-state index contributed by atoms with van der Waals surface area (Å²) in [5.74, 6) is -1.93. The molecule has 0 radical (unpaired) electrons. The zero-order chi connectivity index (χ0) is 18.8. The van der Waals surface area contributed by atoms with Crippen LogP contribution in [0.4, 0.5) is 8.78 Å². The Bertz CT molecular complexity index is 1000. The molecule has 1 aromatic carbocycles. The van der Waals surface area contributed by atoms with E-state index in [0.29, 0.717) is 11.3 Å². The van der Waals surface area contributed by atoms with Crippen LogP contribution in [-0.2, 0) is 0 Å². The molecule has 5 nitrogen and oxygen atoms in total. The van der Waals surface area contributed by atoms with Gasteiger partial charge in [0.25, 0.3) is 5.91 Å². The van der Waals surface area contributed by atoms with E-state index in [-0.39, 0.29) is 17.0 Å². The highest BCUT2D eigenvalue weighted by Crippen LogP contribution is 2.26. The van der Waals surface area contributed by atoms with Crippen LogP contribution in [0.5, 0.6) is 0 Å². The van der Waals surface area contributed by atoms with Gasteiger partial charge in [-0.15, -0.1) is 0 Å². The highest BCUT2D eigenvalue weighted by atomic mass is 19.2. The molecular formula is C19H15F2N3O2. The number of furan rings is 1. The molecule has 7 heteroatoms. The molecule has 0 fully saturated rings. The van der Waals surface area contributed by atoms with Crippen molar-refractivity contribution in [3.8, 4) is 12.0 Å². The fourth-order valence-corrected chi connectivity index (χ4v) is 2.69. The number of hydrogen-bond donors (Lipinski definition) is 1. The van der Waals surface area contributed by atoms with E-state index in [2.05, 4.69) is 5.32 Å². The molecule has 26 heavy (non-hydrogen) atoms. The van der Waals surface area contributed by atoms with Crippen molar-refractivity contribution in [3.63, 3.8) is 0 Å². The van der Waals surface area contributed by atoms with Crippen LogP contribution in [0.3, 0.4) is 0 Å². The molecule has 3 rings (SSSR count). The number of nitriles is 1. The lowest BCUT2D eigenvalue weighted by molar-refractivity contribution is 0.0938. The number of aryl methyl sites for hydroxylation is 1. The van der Waals surface area contributed by atoms with Crippen molar-refractivity contribution >= 4 is 5.91 Å². The third-order valence-electron chi connectivity index (χ3n) is 4.03. The van der Waals surface area contributed by atoms with Gasteiger partial charge in [-0.2, -0.15) is 5.26 Å². The topological polar surface area (TPSA) is 71.0 Å². The normalized spacial score (nSPS) is 11.8. The fourth-order valence-electron chi connectivity index (χ4n) is 2.69. The summed E-state index contributed by atoms with van der Waals surface area (Å²) in [6.45, 7) is 3.23. The van der Waals surface area contributed by atoms with Crippen molar-refractivity contribution in [1.82, 2.24) is 9.88 Å². The third kappa shape index (κ3) is 3.09. The van der Waals surface area contributed by atoms with Crippen molar-refractivity contribution in [2.45, 2.75) is 19.9 Å². The first kappa shape index (κ1) is 17.4. The Balaban J connectivity index is 1.90. The Kier molecular flexibility index (Phi) is 4.59. The van der Waals surface area contributed by atoms with E-state index in [9.17, 15) is 18.8 Å². The van der Waals surface area contributed by atoms with Crippen LogP contribution >= 0.6 is 0 Å². The number of benzene rings is 1. The van der Waals surface area contributed by atoms with Gasteiger partial charge < -0.3 is 9.73 Å². The first-order chi connectivity index (χ1) is 12.4. The first-order valence-electron chi connectivity index (χ1n) is 7.85. The second-order valence-electron chi connectivity index (χ2n) is 5.78. The van der Waals surface area contributed by atoms with Crippen LogP contribution in [0.1, 0.15) is 40.2 Å². The van der Waals surface area contributed by atoms with E-state index in [4.69, 9.17) is 4.42 Å². The lowest BCUT2D eigenvalue weighted by Gasteiger charge is -2.14. The maximum atomic E-state index is 13.4. The third-order valence-corrected chi connectivity index (χ3v) is 4.03. The van der Waals surface area contributed by atoms with Crippen molar-refractivity contribution in [2.24, 2.45) is 0 Å². The summed E-state index contributed by atoms with van der Waals surface area (Å²) in [5.41, 5.74) is 0.627. The molecule has 2 aromatic heterocycles. The number of nitrogens with one attached hydrogen (secondary N) is 1. The van der Waals surface area contributed by atoms with E-state index in [1.54, 1.807) is 42.9 Å². The standard InChI is InChI=1S/C19H15F2N3O2/c1-11(13-5-6-15(20)16(21)9-13)23-18(25)17-12(2)26-19(14(17)10-22)24-7-3-4-8-24/h3-9,11H,1-2H3,(H,23,25). The van der Waals surface area contributed by atoms with E-state index in [1.807, 2.05) is 6.07 Å². The molecule has 132 valence electrons. The highest BCUT2D eigenvalue weighted by molar-refractivity contribution is 5.98. The lowest BCUT2D eigenvalue weighted by Crippen LogP contribution is -2.27. The minimum absolute atomic E-state index is 0.105. The minimum Gasteiger partial charge on any atom is -0.443 e. The summed E-state index contributed by atoms with van der Waals surface area (Å²) in [5, 5.41) is 12.2. The van der Waals surface area contributed by atoms with Gasteiger partial charge in [0.2, 0.25) is 5.88 Å². The van der Waals surface area contributed by atoms with Crippen molar-refractivity contribution in [3.05, 3.63) is 76.8 Å². The van der Waals surface area contributed by atoms with Crippen LogP contribution in [-0.4, -0.2) is 10.5 Å². The molecular weight excluding hydrogens is 340 g/mol. The molecule has 0 saturated carbocycles. The molecule has 0 bridgehead atoms. The van der Waals surface area contributed by atoms with Gasteiger partial charge in [0.15, 0.2) is 11.6 Å². The number of carbonyl (C=O) groups excluding carboxylic acids is 1. The van der Waals surface area contributed by atoms with E-state index >= 15 is 0 Å². The average molecular weight is 355 g/mol. The van der Waals surface area contributed by atoms with Gasteiger partial charge in [0.05, 0.1) is 6.04 Å². The molecule has 0 aliphatic heterocycles. The number of carbonyl (C=O) groups is 1. The maximum Gasteiger partial charge on any atom is 0.256 e. The number of rotatable bonds is 4.